The number of hydrogen-bond donors (Lipinski definition) is 3. The van der Waals surface area contributed by atoms with Gasteiger partial charge in [-0.25, -0.2) is 0 Å². The van der Waals surface area contributed by atoms with E-state index in [1.807, 2.05) is 26.2 Å². The van der Waals surface area contributed by atoms with Crippen LogP contribution in [0.1, 0.15) is 24.2 Å². The number of nitrogens with one attached hydrogen (secondary N) is 3. The first kappa shape index (κ1) is 19.4. The zero-order chi connectivity index (χ0) is 19.3. The number of aryl methyl sites for hydroxylation is 2. The van der Waals surface area contributed by atoms with Crippen molar-refractivity contribution in [1.29, 1.82) is 0 Å². The van der Waals surface area contributed by atoms with Gasteiger partial charge in [0.05, 0.1) is 12.3 Å². The summed E-state index contributed by atoms with van der Waals surface area (Å²) in [4.78, 5) is 15.3. The fourth-order valence-electron chi connectivity index (χ4n) is 3.45. The minimum absolute atomic E-state index is 0.000432. The molecule has 1 amide bonds. The lowest BCUT2D eigenvalue weighted by Gasteiger charge is -2.41. The van der Waals surface area contributed by atoms with Crippen LogP contribution in [-0.2, 0) is 23.1 Å². The van der Waals surface area contributed by atoms with Crippen LogP contribution in [0.4, 0.5) is 5.82 Å². The van der Waals surface area contributed by atoms with E-state index in [1.54, 1.807) is 11.8 Å². The molecule has 27 heavy (non-hydrogen) atoms. The lowest BCUT2D eigenvalue weighted by atomic mass is 9.86. The summed E-state index contributed by atoms with van der Waals surface area (Å²) in [5.74, 6) is 0.719. The molecule has 9 heteroatoms. The number of aromatic amines is 1. The molecule has 0 atom stereocenters. The Bertz CT molecular complexity index is 746. The van der Waals surface area contributed by atoms with Gasteiger partial charge in [-0.15, -0.1) is 0 Å². The molecule has 0 saturated carbocycles. The number of hydrogen-bond acceptors (Lipinski definition) is 6. The number of ether oxygens (including phenoxy) is 1. The van der Waals surface area contributed by atoms with Gasteiger partial charge in [0.15, 0.2) is 0 Å². The number of nitrogens with zero attached hydrogens (tertiary/aromatic N) is 4. The van der Waals surface area contributed by atoms with E-state index in [0.29, 0.717) is 26.0 Å². The molecule has 3 N–H and O–H groups in total. The molecule has 1 saturated heterocycles. The molecule has 0 bridgehead atoms. The average molecular weight is 375 g/mol. The maximum atomic E-state index is 13.0. The van der Waals surface area contributed by atoms with Gasteiger partial charge in [-0.2, -0.15) is 10.2 Å². The number of H-pyrrole nitrogens is 1. The number of carbonyl (C=O) groups excluding carboxylic acids is 1. The lowest BCUT2D eigenvalue weighted by molar-refractivity contribution is -0.127. The summed E-state index contributed by atoms with van der Waals surface area (Å²) in [6.45, 7) is 5.40. The topological polar surface area (TPSA) is 100 Å². The van der Waals surface area contributed by atoms with Gasteiger partial charge in [0, 0.05) is 58.3 Å². The first-order chi connectivity index (χ1) is 13.0. The SMILES string of the molecule is COCCNC(=O)C1(Nc2ccn(C)n2)CCN(Cc2cc(C)[nH]n2)CC1. The van der Waals surface area contributed by atoms with Crippen LogP contribution >= 0.6 is 0 Å². The highest BCUT2D eigenvalue weighted by atomic mass is 16.5. The summed E-state index contributed by atoms with van der Waals surface area (Å²) in [6, 6.07) is 3.95. The molecule has 148 valence electrons. The summed E-state index contributed by atoms with van der Waals surface area (Å²) < 4.78 is 6.78. The molecule has 0 aliphatic carbocycles. The summed E-state index contributed by atoms with van der Waals surface area (Å²) in [5, 5.41) is 18.1. The molecule has 3 rings (SSSR count). The predicted octanol–water partition coefficient (Wildman–Crippen LogP) is 0.661. The van der Waals surface area contributed by atoms with E-state index >= 15 is 0 Å². The highest BCUT2D eigenvalue weighted by Gasteiger charge is 2.41. The van der Waals surface area contributed by atoms with E-state index in [1.165, 1.54) is 0 Å². The molecule has 0 unspecified atom stereocenters. The number of amides is 1. The van der Waals surface area contributed by atoms with Crippen molar-refractivity contribution in [2.45, 2.75) is 31.8 Å². The van der Waals surface area contributed by atoms with Gasteiger partial charge in [0.1, 0.15) is 11.4 Å². The van der Waals surface area contributed by atoms with Crippen molar-refractivity contribution in [3.05, 3.63) is 29.7 Å². The Morgan fingerprint density at radius 1 is 1.41 bits per heavy atom. The molecule has 0 spiro atoms. The third kappa shape index (κ3) is 4.86. The molecule has 2 aromatic heterocycles. The van der Waals surface area contributed by atoms with Crippen molar-refractivity contribution in [1.82, 2.24) is 30.2 Å². The molecule has 1 fully saturated rings. The highest BCUT2D eigenvalue weighted by molar-refractivity contribution is 5.89. The van der Waals surface area contributed by atoms with Crippen molar-refractivity contribution in [2.75, 3.05) is 38.7 Å². The van der Waals surface area contributed by atoms with Crippen LogP contribution in [0.2, 0.25) is 0 Å². The molecule has 1 aliphatic heterocycles. The van der Waals surface area contributed by atoms with Gasteiger partial charge in [-0.05, 0) is 25.8 Å². The van der Waals surface area contributed by atoms with Crippen molar-refractivity contribution in [3.63, 3.8) is 0 Å². The third-order valence-electron chi connectivity index (χ3n) is 4.96. The van der Waals surface area contributed by atoms with Crippen LogP contribution in [-0.4, -0.2) is 69.7 Å². The Morgan fingerprint density at radius 2 is 2.19 bits per heavy atom. The van der Waals surface area contributed by atoms with Crippen LogP contribution in [0, 0.1) is 6.92 Å². The maximum absolute atomic E-state index is 13.0. The Kier molecular flexibility index (Phi) is 6.12. The number of likely N-dealkylation sites (tertiary alicyclic amines) is 1. The van der Waals surface area contributed by atoms with Crippen molar-refractivity contribution >= 4 is 11.7 Å². The van der Waals surface area contributed by atoms with Gasteiger partial charge in [0.25, 0.3) is 0 Å². The zero-order valence-electron chi connectivity index (χ0n) is 16.3. The Morgan fingerprint density at radius 3 is 2.78 bits per heavy atom. The summed E-state index contributed by atoms with van der Waals surface area (Å²) in [7, 11) is 3.49. The van der Waals surface area contributed by atoms with E-state index < -0.39 is 5.54 Å². The standard InChI is InChI=1S/C18H29N7O2/c1-14-12-15(22-21-14)13-25-9-5-18(6-10-25,17(26)19-7-11-27-3)20-16-4-8-24(2)23-16/h4,8,12H,5-7,9-11,13H2,1-3H3,(H,19,26)(H,20,23)(H,21,22). The zero-order valence-corrected chi connectivity index (χ0v) is 16.3. The Hall–Kier alpha value is -2.39. The monoisotopic (exact) mass is 375 g/mol. The summed E-state index contributed by atoms with van der Waals surface area (Å²) in [5.41, 5.74) is 1.42. The van der Waals surface area contributed by atoms with Crippen LogP contribution in [0.25, 0.3) is 0 Å². The van der Waals surface area contributed by atoms with Crippen LogP contribution in [0.3, 0.4) is 0 Å². The quantitative estimate of drug-likeness (QED) is 0.586. The smallest absolute Gasteiger partial charge is 0.245 e. The number of carbonyl (C=O) groups is 1. The fraction of sp³-hybridized carbons (Fsp3) is 0.611. The van der Waals surface area contributed by atoms with Gasteiger partial charge < -0.3 is 15.4 Å². The van der Waals surface area contributed by atoms with E-state index in [-0.39, 0.29) is 5.91 Å². The van der Waals surface area contributed by atoms with Crippen molar-refractivity contribution in [2.24, 2.45) is 7.05 Å². The van der Waals surface area contributed by atoms with Gasteiger partial charge in [-0.3, -0.25) is 19.5 Å². The molecule has 3 heterocycles. The summed E-state index contributed by atoms with van der Waals surface area (Å²) >= 11 is 0. The molecule has 0 radical (unpaired) electrons. The van der Waals surface area contributed by atoms with E-state index in [2.05, 4.69) is 36.9 Å². The minimum atomic E-state index is -0.667. The lowest BCUT2D eigenvalue weighted by Crippen LogP contribution is -2.58. The summed E-state index contributed by atoms with van der Waals surface area (Å²) in [6.07, 6.45) is 3.27. The predicted molar refractivity (Wildman–Crippen MR) is 102 cm³/mol. The highest BCUT2D eigenvalue weighted by Crippen LogP contribution is 2.27. The Balaban J connectivity index is 1.66. The molecule has 1 aliphatic rings. The second-order valence-electron chi connectivity index (χ2n) is 7.15. The van der Waals surface area contributed by atoms with Gasteiger partial charge in [0.2, 0.25) is 5.91 Å². The largest absolute Gasteiger partial charge is 0.383 e. The second kappa shape index (κ2) is 8.53. The number of rotatable bonds is 8. The first-order valence-corrected chi connectivity index (χ1v) is 9.29. The van der Waals surface area contributed by atoms with E-state index in [4.69, 9.17) is 4.74 Å². The molecule has 0 aromatic carbocycles. The van der Waals surface area contributed by atoms with Gasteiger partial charge >= 0.3 is 0 Å². The maximum Gasteiger partial charge on any atom is 0.245 e. The van der Waals surface area contributed by atoms with Crippen LogP contribution < -0.4 is 10.6 Å². The van der Waals surface area contributed by atoms with Crippen LogP contribution in [0.15, 0.2) is 18.3 Å². The van der Waals surface area contributed by atoms with E-state index in [9.17, 15) is 4.79 Å². The number of anilines is 1. The van der Waals surface area contributed by atoms with Crippen LogP contribution in [0.5, 0.6) is 0 Å². The fourth-order valence-corrected chi connectivity index (χ4v) is 3.45. The number of methoxy groups -OCH3 is 1. The first-order valence-electron chi connectivity index (χ1n) is 9.29. The van der Waals surface area contributed by atoms with Crippen molar-refractivity contribution in [3.8, 4) is 0 Å². The number of aromatic nitrogens is 4. The van der Waals surface area contributed by atoms with Crippen molar-refractivity contribution < 1.29 is 9.53 Å². The average Bonchev–Trinajstić information content (AvgIpc) is 3.24. The molecular formula is C18H29N7O2. The second-order valence-corrected chi connectivity index (χ2v) is 7.15. The molecular weight excluding hydrogens is 346 g/mol. The minimum Gasteiger partial charge on any atom is -0.383 e. The normalized spacial score (nSPS) is 17.0. The number of piperidine rings is 1. The molecule has 2 aromatic rings. The van der Waals surface area contributed by atoms with Gasteiger partial charge in [-0.1, -0.05) is 0 Å². The third-order valence-corrected chi connectivity index (χ3v) is 4.96. The molecule has 9 nitrogen and oxygen atoms in total. The van der Waals surface area contributed by atoms with E-state index in [0.717, 1.165) is 36.8 Å². The Labute approximate surface area is 159 Å².